The van der Waals surface area contributed by atoms with Gasteiger partial charge in [-0.3, -0.25) is 9.69 Å². The predicted molar refractivity (Wildman–Crippen MR) is 84.3 cm³/mol. The minimum atomic E-state index is 0.0870. The quantitative estimate of drug-likeness (QED) is 0.906. The molecular formula is C16H24N2O2S. The number of hydrogen-bond donors (Lipinski definition) is 1. The third-order valence-electron chi connectivity index (χ3n) is 4.53. The molecule has 0 bridgehead atoms. The molecule has 1 aromatic heterocycles. The van der Waals surface area contributed by atoms with Crippen LogP contribution in [0.1, 0.15) is 24.1 Å². The Hall–Kier alpha value is -0.910. The molecule has 2 aliphatic rings. The lowest BCUT2D eigenvalue weighted by Gasteiger charge is -2.31. The van der Waals surface area contributed by atoms with Crippen LogP contribution in [-0.2, 0) is 16.1 Å². The first-order chi connectivity index (χ1) is 10.3. The van der Waals surface area contributed by atoms with E-state index in [4.69, 9.17) is 4.74 Å². The largest absolute Gasteiger partial charge is 0.381 e. The van der Waals surface area contributed by atoms with Crippen molar-refractivity contribution in [2.75, 3.05) is 32.8 Å². The predicted octanol–water partition coefficient (Wildman–Crippen LogP) is 2.11. The SMILES string of the molecule is O=C(NCC1CCN(Cc2cccs2)CC1)C1CCOC1. The Morgan fingerprint density at radius 1 is 1.38 bits per heavy atom. The number of nitrogens with one attached hydrogen (secondary N) is 1. The van der Waals surface area contributed by atoms with E-state index < -0.39 is 0 Å². The smallest absolute Gasteiger partial charge is 0.225 e. The fraction of sp³-hybridized carbons (Fsp3) is 0.688. The van der Waals surface area contributed by atoms with Crippen LogP contribution in [-0.4, -0.2) is 43.7 Å². The average Bonchev–Trinajstić information content (AvgIpc) is 3.19. The monoisotopic (exact) mass is 308 g/mol. The van der Waals surface area contributed by atoms with Crippen LogP contribution in [0.2, 0.25) is 0 Å². The summed E-state index contributed by atoms with van der Waals surface area (Å²) in [5.41, 5.74) is 0. The van der Waals surface area contributed by atoms with Gasteiger partial charge in [0.25, 0.3) is 0 Å². The van der Waals surface area contributed by atoms with Crippen molar-refractivity contribution in [2.24, 2.45) is 11.8 Å². The zero-order valence-electron chi connectivity index (χ0n) is 12.4. The molecule has 4 nitrogen and oxygen atoms in total. The van der Waals surface area contributed by atoms with Gasteiger partial charge in [-0.05, 0) is 49.7 Å². The Kier molecular flexibility index (Phi) is 5.27. The molecule has 3 heterocycles. The highest BCUT2D eigenvalue weighted by Gasteiger charge is 2.25. The first-order valence-corrected chi connectivity index (χ1v) is 8.79. The van der Waals surface area contributed by atoms with E-state index in [1.54, 1.807) is 0 Å². The third kappa shape index (κ3) is 4.28. The van der Waals surface area contributed by atoms with Gasteiger partial charge in [0.05, 0.1) is 12.5 Å². The van der Waals surface area contributed by atoms with E-state index in [0.717, 1.165) is 39.2 Å². The minimum Gasteiger partial charge on any atom is -0.381 e. The highest BCUT2D eigenvalue weighted by molar-refractivity contribution is 7.09. The summed E-state index contributed by atoms with van der Waals surface area (Å²) in [5, 5.41) is 5.26. The number of ether oxygens (including phenoxy) is 1. The number of carbonyl (C=O) groups excluding carboxylic acids is 1. The van der Waals surface area contributed by atoms with Gasteiger partial charge in [-0.2, -0.15) is 0 Å². The number of amides is 1. The highest BCUT2D eigenvalue weighted by atomic mass is 32.1. The van der Waals surface area contributed by atoms with Gasteiger partial charge in [-0.1, -0.05) is 6.07 Å². The maximum atomic E-state index is 12.0. The normalized spacial score (nSPS) is 24.3. The first-order valence-electron chi connectivity index (χ1n) is 7.91. The molecule has 0 radical (unpaired) electrons. The van der Waals surface area contributed by atoms with E-state index in [1.165, 1.54) is 17.7 Å². The summed E-state index contributed by atoms with van der Waals surface area (Å²) in [4.78, 5) is 15.9. The maximum absolute atomic E-state index is 12.0. The molecule has 0 aliphatic carbocycles. The van der Waals surface area contributed by atoms with Gasteiger partial charge in [0.2, 0.25) is 5.91 Å². The molecule has 1 atom stereocenters. The van der Waals surface area contributed by atoms with Crippen molar-refractivity contribution in [2.45, 2.75) is 25.8 Å². The van der Waals surface area contributed by atoms with E-state index in [9.17, 15) is 4.79 Å². The molecule has 0 aromatic carbocycles. The lowest BCUT2D eigenvalue weighted by molar-refractivity contribution is -0.125. The molecule has 1 amide bonds. The van der Waals surface area contributed by atoms with Crippen molar-refractivity contribution in [1.82, 2.24) is 10.2 Å². The summed E-state index contributed by atoms with van der Waals surface area (Å²) in [7, 11) is 0. The third-order valence-corrected chi connectivity index (χ3v) is 5.39. The van der Waals surface area contributed by atoms with E-state index in [2.05, 4.69) is 27.7 Å². The Bertz CT molecular complexity index is 435. The minimum absolute atomic E-state index is 0.0870. The van der Waals surface area contributed by atoms with Gasteiger partial charge < -0.3 is 10.1 Å². The van der Waals surface area contributed by atoms with Crippen LogP contribution >= 0.6 is 11.3 Å². The number of carbonyl (C=O) groups is 1. The van der Waals surface area contributed by atoms with Crippen LogP contribution in [0.4, 0.5) is 0 Å². The average molecular weight is 308 g/mol. The molecule has 2 fully saturated rings. The van der Waals surface area contributed by atoms with Gasteiger partial charge in [-0.25, -0.2) is 0 Å². The number of hydrogen-bond acceptors (Lipinski definition) is 4. The van der Waals surface area contributed by atoms with Crippen LogP contribution in [0.15, 0.2) is 17.5 Å². The second-order valence-electron chi connectivity index (χ2n) is 6.10. The first kappa shape index (κ1) is 15.0. The van der Waals surface area contributed by atoms with Crippen molar-refractivity contribution in [3.8, 4) is 0 Å². The molecule has 21 heavy (non-hydrogen) atoms. The Morgan fingerprint density at radius 3 is 2.90 bits per heavy atom. The van der Waals surface area contributed by atoms with Gasteiger partial charge in [0.1, 0.15) is 0 Å². The van der Waals surface area contributed by atoms with Gasteiger partial charge in [0.15, 0.2) is 0 Å². The van der Waals surface area contributed by atoms with Crippen LogP contribution in [0.25, 0.3) is 0 Å². The summed E-state index contributed by atoms with van der Waals surface area (Å²) in [5.74, 6) is 0.910. The Morgan fingerprint density at radius 2 is 2.24 bits per heavy atom. The van der Waals surface area contributed by atoms with Crippen LogP contribution in [0.5, 0.6) is 0 Å². The fourth-order valence-electron chi connectivity index (χ4n) is 3.10. The van der Waals surface area contributed by atoms with Crippen molar-refractivity contribution >= 4 is 17.2 Å². The van der Waals surface area contributed by atoms with Crippen molar-refractivity contribution in [3.63, 3.8) is 0 Å². The summed E-state index contributed by atoms with van der Waals surface area (Å²) >= 11 is 1.84. The molecule has 0 saturated carbocycles. The second kappa shape index (κ2) is 7.38. The molecule has 1 N–H and O–H groups in total. The van der Waals surface area contributed by atoms with E-state index >= 15 is 0 Å². The van der Waals surface area contributed by atoms with Crippen LogP contribution in [0.3, 0.4) is 0 Å². The van der Waals surface area contributed by atoms with Gasteiger partial charge >= 0.3 is 0 Å². The topological polar surface area (TPSA) is 41.6 Å². The zero-order chi connectivity index (χ0) is 14.5. The molecule has 1 aromatic rings. The molecule has 3 rings (SSSR count). The molecule has 1 unspecified atom stereocenters. The lowest BCUT2D eigenvalue weighted by Crippen LogP contribution is -2.40. The summed E-state index contributed by atoms with van der Waals surface area (Å²) in [6.45, 7) is 5.54. The zero-order valence-corrected chi connectivity index (χ0v) is 13.2. The molecular weight excluding hydrogens is 284 g/mol. The van der Waals surface area contributed by atoms with Crippen molar-refractivity contribution in [3.05, 3.63) is 22.4 Å². The van der Waals surface area contributed by atoms with Gasteiger partial charge in [0, 0.05) is 24.6 Å². The van der Waals surface area contributed by atoms with E-state index in [1.807, 2.05) is 11.3 Å². The summed E-state index contributed by atoms with van der Waals surface area (Å²) in [6, 6.07) is 4.33. The maximum Gasteiger partial charge on any atom is 0.225 e. The molecule has 116 valence electrons. The van der Waals surface area contributed by atoms with Crippen molar-refractivity contribution < 1.29 is 9.53 Å². The summed E-state index contributed by atoms with van der Waals surface area (Å²) in [6.07, 6.45) is 3.25. The number of rotatable bonds is 5. The van der Waals surface area contributed by atoms with Crippen LogP contribution < -0.4 is 5.32 Å². The second-order valence-corrected chi connectivity index (χ2v) is 7.14. The lowest BCUT2D eigenvalue weighted by atomic mass is 9.96. The molecule has 5 heteroatoms. The van der Waals surface area contributed by atoms with Gasteiger partial charge in [-0.15, -0.1) is 11.3 Å². The number of likely N-dealkylation sites (tertiary alicyclic amines) is 1. The standard InChI is InChI=1S/C16H24N2O2S/c19-16(14-5-8-20-12-14)17-10-13-3-6-18(7-4-13)11-15-2-1-9-21-15/h1-2,9,13-14H,3-8,10-12H2,(H,17,19). The highest BCUT2D eigenvalue weighted by Crippen LogP contribution is 2.20. The molecule has 0 spiro atoms. The molecule has 2 aliphatic heterocycles. The van der Waals surface area contributed by atoms with E-state index in [0.29, 0.717) is 12.5 Å². The number of thiophene rings is 1. The Labute approximate surface area is 130 Å². The number of nitrogens with zero attached hydrogens (tertiary/aromatic N) is 1. The van der Waals surface area contributed by atoms with E-state index in [-0.39, 0.29) is 11.8 Å². The summed E-state index contributed by atoms with van der Waals surface area (Å²) < 4.78 is 5.27. The van der Waals surface area contributed by atoms with Crippen LogP contribution in [0, 0.1) is 11.8 Å². The van der Waals surface area contributed by atoms with Crippen molar-refractivity contribution in [1.29, 1.82) is 0 Å². The fourth-order valence-corrected chi connectivity index (χ4v) is 3.85. The Balaban J connectivity index is 1.34. The number of piperidine rings is 1. The molecule has 2 saturated heterocycles.